The lowest BCUT2D eigenvalue weighted by Crippen LogP contribution is -2.16. The number of primary amides is 1. The molecular weight excluding hydrogens is 372 g/mol. The van der Waals surface area contributed by atoms with E-state index in [1.165, 1.54) is 12.2 Å². The number of allylic oxidation sites excluding steroid dienone is 1. The van der Waals surface area contributed by atoms with Gasteiger partial charge in [0.2, 0.25) is 5.91 Å². The van der Waals surface area contributed by atoms with Crippen LogP contribution in [0.5, 0.6) is 0 Å². The highest BCUT2D eigenvalue weighted by atomic mass is 35.5. The minimum atomic E-state index is -0.718. The molecule has 0 bridgehead atoms. The predicted octanol–water partition coefficient (Wildman–Crippen LogP) is 3.87. The van der Waals surface area contributed by atoms with Gasteiger partial charge in [0.1, 0.15) is 5.00 Å². The zero-order chi connectivity index (χ0) is 18.5. The monoisotopic (exact) mass is 386 g/mol. The van der Waals surface area contributed by atoms with Gasteiger partial charge in [-0.2, -0.15) is 0 Å². The van der Waals surface area contributed by atoms with Gasteiger partial charge >= 0.3 is 0 Å². The van der Waals surface area contributed by atoms with Crippen LogP contribution in [0.25, 0.3) is 10.8 Å². The number of aromatic nitrogens is 1. The molecule has 0 spiro atoms. The highest BCUT2D eigenvalue weighted by Gasteiger charge is 2.17. The number of benzene rings is 2. The van der Waals surface area contributed by atoms with Crippen molar-refractivity contribution in [3.8, 4) is 0 Å². The summed E-state index contributed by atoms with van der Waals surface area (Å²) in [5.74, 6) is -0.911. The SMILES string of the molecule is NC(=O)c1nc(Nc2ccc3ccccc3c2)sc1NC(=O)C=CCCl. The Bertz CT molecular complexity index is 1000. The quantitative estimate of drug-likeness (QED) is 0.442. The zero-order valence-corrected chi connectivity index (χ0v) is 15.1. The van der Waals surface area contributed by atoms with Crippen LogP contribution in [-0.4, -0.2) is 22.7 Å². The molecule has 0 radical (unpaired) electrons. The van der Waals surface area contributed by atoms with Gasteiger partial charge in [0.05, 0.1) is 0 Å². The van der Waals surface area contributed by atoms with E-state index in [0.29, 0.717) is 5.13 Å². The Balaban J connectivity index is 1.85. The Hall–Kier alpha value is -2.90. The molecule has 0 aliphatic carbocycles. The second kappa shape index (κ2) is 7.99. The van der Waals surface area contributed by atoms with E-state index in [1.54, 1.807) is 0 Å². The molecule has 26 heavy (non-hydrogen) atoms. The van der Waals surface area contributed by atoms with Crippen LogP contribution in [0, 0.1) is 0 Å². The number of halogens is 1. The van der Waals surface area contributed by atoms with Crippen molar-refractivity contribution in [2.24, 2.45) is 5.73 Å². The van der Waals surface area contributed by atoms with Crippen LogP contribution >= 0.6 is 22.9 Å². The first-order valence-corrected chi connectivity index (χ1v) is 9.02. The maximum atomic E-state index is 11.8. The molecule has 0 unspecified atom stereocenters. The Kier molecular flexibility index (Phi) is 5.50. The van der Waals surface area contributed by atoms with E-state index < -0.39 is 11.8 Å². The van der Waals surface area contributed by atoms with Gasteiger partial charge in [-0.15, -0.1) is 11.6 Å². The molecule has 0 atom stereocenters. The van der Waals surface area contributed by atoms with Gasteiger partial charge in [0.25, 0.3) is 5.91 Å². The fourth-order valence-corrected chi connectivity index (χ4v) is 3.30. The minimum Gasteiger partial charge on any atom is -0.364 e. The summed E-state index contributed by atoms with van der Waals surface area (Å²) in [4.78, 5) is 27.6. The summed E-state index contributed by atoms with van der Waals surface area (Å²) in [7, 11) is 0. The van der Waals surface area contributed by atoms with Crippen LogP contribution in [0.1, 0.15) is 10.5 Å². The van der Waals surface area contributed by atoms with Crippen LogP contribution < -0.4 is 16.4 Å². The molecule has 3 rings (SSSR count). The van der Waals surface area contributed by atoms with Gasteiger partial charge in [-0.1, -0.05) is 47.7 Å². The molecular formula is C18H15ClN4O2S. The summed E-state index contributed by atoms with van der Waals surface area (Å²) < 4.78 is 0. The van der Waals surface area contributed by atoms with Crippen molar-refractivity contribution < 1.29 is 9.59 Å². The van der Waals surface area contributed by atoms with E-state index in [0.717, 1.165) is 27.8 Å². The average molecular weight is 387 g/mol. The van der Waals surface area contributed by atoms with Gasteiger partial charge in [0.15, 0.2) is 10.8 Å². The molecule has 0 fully saturated rings. The van der Waals surface area contributed by atoms with Crippen molar-refractivity contribution >= 4 is 61.3 Å². The first kappa shape index (κ1) is 17.9. The van der Waals surface area contributed by atoms with Gasteiger partial charge in [-0.25, -0.2) is 4.98 Å². The average Bonchev–Trinajstić information content (AvgIpc) is 3.02. The molecule has 0 aliphatic rings. The lowest BCUT2D eigenvalue weighted by atomic mass is 10.1. The lowest BCUT2D eigenvalue weighted by molar-refractivity contribution is -0.111. The number of hydrogen-bond donors (Lipinski definition) is 3. The fraction of sp³-hybridized carbons (Fsp3) is 0.0556. The number of fused-ring (bicyclic) bond motifs is 1. The topological polar surface area (TPSA) is 97.1 Å². The summed E-state index contributed by atoms with van der Waals surface area (Å²) in [5.41, 5.74) is 6.18. The van der Waals surface area contributed by atoms with Crippen LogP contribution in [-0.2, 0) is 4.79 Å². The smallest absolute Gasteiger partial charge is 0.270 e. The first-order chi connectivity index (χ1) is 12.6. The summed E-state index contributed by atoms with van der Waals surface area (Å²) in [6, 6.07) is 13.8. The standard InChI is InChI=1S/C18H15ClN4O2S/c19-9-3-6-14(24)22-17-15(16(20)25)23-18(26-17)21-13-8-7-11-4-1-2-5-12(11)10-13/h1-8,10H,9H2,(H2,20,25)(H,21,23)(H,22,24). The molecule has 2 aromatic carbocycles. The number of nitrogens with zero attached hydrogens (tertiary/aromatic N) is 1. The molecule has 6 nitrogen and oxygen atoms in total. The minimum absolute atomic E-state index is 0.00547. The van der Waals surface area contributed by atoms with Gasteiger partial charge in [-0.05, 0) is 22.9 Å². The maximum absolute atomic E-state index is 11.8. The van der Waals surface area contributed by atoms with Crippen molar-refractivity contribution in [1.29, 1.82) is 0 Å². The third-order valence-corrected chi connectivity index (χ3v) is 4.52. The summed E-state index contributed by atoms with van der Waals surface area (Å²) >= 11 is 6.63. The van der Waals surface area contributed by atoms with E-state index in [4.69, 9.17) is 17.3 Å². The number of alkyl halides is 1. The summed E-state index contributed by atoms with van der Waals surface area (Å²) in [5, 5.41) is 8.66. The van der Waals surface area contributed by atoms with Crippen molar-refractivity contribution in [3.05, 3.63) is 60.3 Å². The van der Waals surface area contributed by atoms with E-state index >= 15 is 0 Å². The van der Waals surface area contributed by atoms with Crippen molar-refractivity contribution in [2.45, 2.75) is 0 Å². The highest BCUT2D eigenvalue weighted by molar-refractivity contribution is 7.20. The number of carbonyl (C=O) groups excluding carboxylic acids is 2. The molecule has 8 heteroatoms. The molecule has 4 N–H and O–H groups in total. The second-order valence-electron chi connectivity index (χ2n) is 5.29. The number of amides is 2. The molecule has 2 amide bonds. The molecule has 1 aromatic heterocycles. The Labute approximate surface area is 158 Å². The van der Waals surface area contributed by atoms with Gasteiger partial charge in [-0.3, -0.25) is 9.59 Å². The number of thiazole rings is 1. The number of carbonyl (C=O) groups is 2. The number of rotatable bonds is 6. The Morgan fingerprint density at radius 3 is 2.69 bits per heavy atom. The summed E-state index contributed by atoms with van der Waals surface area (Å²) in [6.45, 7) is 0. The number of hydrogen-bond acceptors (Lipinski definition) is 5. The van der Waals surface area contributed by atoms with E-state index in [1.807, 2.05) is 42.5 Å². The van der Waals surface area contributed by atoms with E-state index in [2.05, 4.69) is 15.6 Å². The molecule has 132 valence electrons. The summed E-state index contributed by atoms with van der Waals surface area (Å²) in [6.07, 6.45) is 2.78. The number of anilines is 3. The van der Waals surface area contributed by atoms with Crippen LogP contribution in [0.3, 0.4) is 0 Å². The third kappa shape index (κ3) is 4.19. The first-order valence-electron chi connectivity index (χ1n) is 7.67. The predicted molar refractivity (Wildman–Crippen MR) is 106 cm³/mol. The molecule has 0 saturated carbocycles. The molecule has 1 heterocycles. The van der Waals surface area contributed by atoms with Gasteiger partial charge < -0.3 is 16.4 Å². The van der Waals surface area contributed by atoms with Crippen molar-refractivity contribution in [2.75, 3.05) is 16.5 Å². The fourth-order valence-electron chi connectivity index (χ4n) is 2.32. The van der Waals surface area contributed by atoms with Crippen molar-refractivity contribution in [3.63, 3.8) is 0 Å². The Morgan fingerprint density at radius 2 is 1.96 bits per heavy atom. The molecule has 0 saturated heterocycles. The Morgan fingerprint density at radius 1 is 1.19 bits per heavy atom. The number of nitrogens with two attached hydrogens (primary N) is 1. The van der Waals surface area contributed by atoms with Crippen molar-refractivity contribution in [1.82, 2.24) is 4.98 Å². The molecule has 0 aliphatic heterocycles. The van der Waals surface area contributed by atoms with Crippen LogP contribution in [0.2, 0.25) is 0 Å². The van der Waals surface area contributed by atoms with Gasteiger partial charge in [0, 0.05) is 17.6 Å². The second-order valence-corrected chi connectivity index (χ2v) is 6.60. The lowest BCUT2D eigenvalue weighted by Gasteiger charge is -2.04. The van der Waals surface area contributed by atoms with E-state index in [9.17, 15) is 9.59 Å². The zero-order valence-electron chi connectivity index (χ0n) is 13.5. The third-order valence-electron chi connectivity index (χ3n) is 3.46. The largest absolute Gasteiger partial charge is 0.364 e. The maximum Gasteiger partial charge on any atom is 0.270 e. The van der Waals surface area contributed by atoms with Crippen LogP contribution in [0.15, 0.2) is 54.6 Å². The normalized spacial score (nSPS) is 11.0. The molecule has 3 aromatic rings. The van der Waals surface area contributed by atoms with E-state index in [-0.39, 0.29) is 16.6 Å². The van der Waals surface area contributed by atoms with Crippen LogP contribution in [0.4, 0.5) is 15.8 Å². The number of nitrogens with one attached hydrogen (secondary N) is 2. The highest BCUT2D eigenvalue weighted by Crippen LogP contribution is 2.31.